The molecule has 0 saturated carbocycles. The second-order valence-corrected chi connectivity index (χ2v) is 9.41. The van der Waals surface area contributed by atoms with Gasteiger partial charge in [0.25, 0.3) is 17.7 Å². The molecule has 0 saturated heterocycles. The van der Waals surface area contributed by atoms with Crippen LogP contribution in [0.4, 0.5) is 17.1 Å². The summed E-state index contributed by atoms with van der Waals surface area (Å²) in [5.74, 6) is -0.123. The first-order valence-electron chi connectivity index (χ1n) is 12.2. The van der Waals surface area contributed by atoms with Crippen molar-refractivity contribution >= 4 is 63.8 Å². The number of benzene rings is 2. The summed E-state index contributed by atoms with van der Waals surface area (Å²) in [5, 5.41) is 15.5. The van der Waals surface area contributed by atoms with E-state index in [4.69, 9.17) is 34.3 Å². The van der Waals surface area contributed by atoms with Crippen molar-refractivity contribution < 1.29 is 14.4 Å². The van der Waals surface area contributed by atoms with Crippen molar-refractivity contribution in [2.45, 2.75) is 6.42 Å². The Morgan fingerprint density at radius 1 is 0.897 bits per heavy atom. The second kappa shape index (κ2) is 14.2. The van der Waals surface area contributed by atoms with Crippen LogP contribution in [0.5, 0.6) is 0 Å². The van der Waals surface area contributed by atoms with E-state index < -0.39 is 0 Å². The Balaban J connectivity index is 1.61. The van der Waals surface area contributed by atoms with Gasteiger partial charge in [-0.15, -0.1) is 23.2 Å². The summed E-state index contributed by atoms with van der Waals surface area (Å²) in [5.41, 5.74) is 8.35. The Morgan fingerprint density at radius 3 is 2.18 bits per heavy atom. The lowest BCUT2D eigenvalue weighted by Gasteiger charge is -2.23. The van der Waals surface area contributed by atoms with Crippen molar-refractivity contribution in [2.24, 2.45) is 12.8 Å². The molecule has 39 heavy (non-hydrogen) atoms. The van der Waals surface area contributed by atoms with Crippen molar-refractivity contribution in [3.8, 4) is 0 Å². The molecule has 0 aliphatic heterocycles. The molecule has 1 heterocycles. The number of halogens is 2. The van der Waals surface area contributed by atoms with E-state index in [1.165, 1.54) is 0 Å². The van der Waals surface area contributed by atoms with Crippen molar-refractivity contribution in [3.63, 3.8) is 0 Å². The van der Waals surface area contributed by atoms with Crippen LogP contribution in [0.1, 0.15) is 37.6 Å². The number of anilines is 3. The average Bonchev–Trinajstić information content (AvgIpc) is 3.28. The predicted molar refractivity (Wildman–Crippen MR) is 157 cm³/mol. The van der Waals surface area contributed by atoms with Gasteiger partial charge in [0.05, 0.1) is 11.5 Å². The van der Waals surface area contributed by atoms with Gasteiger partial charge in [-0.3, -0.25) is 19.8 Å². The van der Waals surface area contributed by atoms with Crippen LogP contribution < -0.4 is 26.6 Å². The van der Waals surface area contributed by atoms with E-state index in [1.54, 1.807) is 66.3 Å². The maximum Gasteiger partial charge on any atom is 0.267 e. The fourth-order valence-electron chi connectivity index (χ4n) is 3.79. The standard InChI is InChI=1S/C27H31Cl2N7O3/c1-35-17-21(16-23(35)27(39)32-12-9-24(30)31)34-25(37)18-5-7-20(8-6-18)33-26(38)19-3-2-4-22(15-19)36(13-10-28)14-11-29/h2-8,15-17H,9-14H2,1H3,(H3,30,31)(H,32,39)(H,33,38)(H,34,37). The third kappa shape index (κ3) is 8.49. The number of carbonyl (C=O) groups excluding carboxylic acids is 3. The monoisotopic (exact) mass is 571 g/mol. The highest BCUT2D eigenvalue weighted by molar-refractivity contribution is 6.18. The van der Waals surface area contributed by atoms with Gasteiger partial charge in [-0.25, -0.2) is 0 Å². The summed E-state index contributed by atoms with van der Waals surface area (Å²) >= 11 is 11.8. The lowest BCUT2D eigenvalue weighted by molar-refractivity contribution is 0.0945. The summed E-state index contributed by atoms with van der Waals surface area (Å²) < 4.78 is 1.59. The number of rotatable bonds is 13. The fourth-order valence-corrected chi connectivity index (χ4v) is 4.20. The molecule has 0 unspecified atom stereocenters. The number of aryl methyl sites for hydroxylation is 1. The predicted octanol–water partition coefficient (Wildman–Crippen LogP) is 3.87. The molecule has 3 rings (SSSR count). The number of hydrogen-bond acceptors (Lipinski definition) is 5. The molecule has 3 aromatic rings. The van der Waals surface area contributed by atoms with Crippen molar-refractivity contribution in [1.29, 1.82) is 5.41 Å². The quantitative estimate of drug-likeness (QED) is 0.120. The third-order valence-electron chi connectivity index (χ3n) is 5.76. The molecule has 0 aliphatic rings. The molecule has 3 amide bonds. The number of amides is 3. The Kier molecular flexibility index (Phi) is 10.8. The molecule has 10 nitrogen and oxygen atoms in total. The number of carbonyl (C=O) groups is 3. The maximum absolute atomic E-state index is 12.8. The van der Waals surface area contributed by atoms with Gasteiger partial charge in [0.2, 0.25) is 0 Å². The summed E-state index contributed by atoms with van der Waals surface area (Å²) in [4.78, 5) is 40.0. The van der Waals surface area contributed by atoms with Crippen LogP contribution in [0.3, 0.4) is 0 Å². The van der Waals surface area contributed by atoms with Gasteiger partial charge in [0.15, 0.2) is 0 Å². The lowest BCUT2D eigenvalue weighted by Crippen LogP contribution is -2.28. The number of nitrogens with one attached hydrogen (secondary N) is 4. The van der Waals surface area contributed by atoms with Gasteiger partial charge in [0.1, 0.15) is 5.69 Å². The number of alkyl halides is 2. The number of aromatic nitrogens is 1. The van der Waals surface area contributed by atoms with Crippen LogP contribution in [-0.4, -0.2) is 59.5 Å². The molecule has 0 atom stereocenters. The van der Waals surface area contributed by atoms with E-state index >= 15 is 0 Å². The Labute approximate surface area is 237 Å². The summed E-state index contributed by atoms with van der Waals surface area (Å²) in [6, 6.07) is 15.3. The molecule has 0 aliphatic carbocycles. The van der Waals surface area contributed by atoms with Gasteiger partial charge in [0, 0.05) is 73.6 Å². The van der Waals surface area contributed by atoms with Crippen molar-refractivity contribution in [1.82, 2.24) is 9.88 Å². The van der Waals surface area contributed by atoms with Gasteiger partial charge < -0.3 is 31.2 Å². The smallest absolute Gasteiger partial charge is 0.267 e. The first-order valence-corrected chi connectivity index (χ1v) is 13.3. The molecule has 2 aromatic carbocycles. The van der Waals surface area contributed by atoms with Crippen LogP contribution in [0.15, 0.2) is 60.8 Å². The van der Waals surface area contributed by atoms with E-state index in [2.05, 4.69) is 16.0 Å². The number of amidine groups is 1. The van der Waals surface area contributed by atoms with Crippen molar-refractivity contribution in [3.05, 3.63) is 77.6 Å². The van der Waals surface area contributed by atoms with E-state index in [-0.39, 0.29) is 36.5 Å². The van der Waals surface area contributed by atoms with Crippen LogP contribution in [0.25, 0.3) is 0 Å². The van der Waals surface area contributed by atoms with Gasteiger partial charge in [-0.05, 0) is 48.5 Å². The summed E-state index contributed by atoms with van der Waals surface area (Å²) in [6.45, 7) is 1.47. The SMILES string of the molecule is Cn1cc(NC(=O)c2ccc(NC(=O)c3cccc(N(CCCl)CCCl)c3)cc2)cc1C(=O)NCCC(=N)N. The van der Waals surface area contributed by atoms with E-state index in [0.29, 0.717) is 53.0 Å². The molecule has 0 spiro atoms. The zero-order chi connectivity index (χ0) is 28.4. The molecular formula is C27H31Cl2N7O3. The topological polar surface area (TPSA) is 145 Å². The van der Waals surface area contributed by atoms with E-state index in [0.717, 1.165) is 5.69 Å². The highest BCUT2D eigenvalue weighted by Gasteiger charge is 2.15. The Hall–Kier alpha value is -4.02. The minimum absolute atomic E-state index is 0.0116. The number of hydrogen-bond donors (Lipinski definition) is 5. The van der Waals surface area contributed by atoms with Crippen LogP contribution in [0.2, 0.25) is 0 Å². The summed E-state index contributed by atoms with van der Waals surface area (Å²) in [6.07, 6.45) is 1.88. The first-order chi connectivity index (χ1) is 18.7. The lowest BCUT2D eigenvalue weighted by atomic mass is 10.1. The van der Waals surface area contributed by atoms with Gasteiger partial charge in [-0.2, -0.15) is 0 Å². The van der Waals surface area contributed by atoms with Gasteiger partial charge >= 0.3 is 0 Å². The normalized spacial score (nSPS) is 10.5. The Morgan fingerprint density at radius 2 is 1.54 bits per heavy atom. The zero-order valence-electron chi connectivity index (χ0n) is 21.5. The Bertz CT molecular complexity index is 1320. The van der Waals surface area contributed by atoms with Crippen LogP contribution in [0, 0.1) is 5.41 Å². The highest BCUT2D eigenvalue weighted by Crippen LogP contribution is 2.19. The molecule has 206 valence electrons. The molecule has 6 N–H and O–H groups in total. The highest BCUT2D eigenvalue weighted by atomic mass is 35.5. The van der Waals surface area contributed by atoms with Crippen LogP contribution >= 0.6 is 23.2 Å². The average molecular weight is 572 g/mol. The van der Waals surface area contributed by atoms with E-state index in [9.17, 15) is 14.4 Å². The molecule has 0 radical (unpaired) electrons. The molecule has 0 bridgehead atoms. The molecule has 1 aromatic heterocycles. The summed E-state index contributed by atoms with van der Waals surface area (Å²) in [7, 11) is 1.69. The molecule has 12 heteroatoms. The maximum atomic E-state index is 12.8. The minimum Gasteiger partial charge on any atom is -0.388 e. The molecular weight excluding hydrogens is 541 g/mol. The van der Waals surface area contributed by atoms with E-state index in [1.807, 2.05) is 11.0 Å². The third-order valence-corrected chi connectivity index (χ3v) is 6.10. The first kappa shape index (κ1) is 29.5. The zero-order valence-corrected chi connectivity index (χ0v) is 23.0. The largest absolute Gasteiger partial charge is 0.388 e. The number of nitrogens with two attached hydrogens (primary N) is 1. The second-order valence-electron chi connectivity index (χ2n) is 8.66. The molecule has 0 fully saturated rings. The van der Waals surface area contributed by atoms with Gasteiger partial charge in [-0.1, -0.05) is 6.07 Å². The minimum atomic E-state index is -0.367. The van der Waals surface area contributed by atoms with Crippen molar-refractivity contribution in [2.75, 3.05) is 46.9 Å². The van der Waals surface area contributed by atoms with Crippen LogP contribution in [-0.2, 0) is 7.05 Å². The fraction of sp³-hybridized carbons (Fsp3) is 0.259. The number of nitrogens with zero attached hydrogens (tertiary/aromatic N) is 2.